The minimum absolute atomic E-state index is 0.00155. The largest absolute Gasteiger partial charge is 0.397 e. The summed E-state index contributed by atoms with van der Waals surface area (Å²) in [7, 11) is 1.85. The van der Waals surface area contributed by atoms with Gasteiger partial charge in [-0.25, -0.2) is 0 Å². The summed E-state index contributed by atoms with van der Waals surface area (Å²) in [5.74, 6) is 0.605. The molecule has 2 fully saturated rings. The van der Waals surface area contributed by atoms with E-state index >= 15 is 0 Å². The molecule has 2 atom stereocenters. The second-order valence-corrected chi connectivity index (χ2v) is 4.95. The third-order valence-corrected chi connectivity index (χ3v) is 3.97. The topological polar surface area (TPSA) is 70.4 Å². The number of carbonyl (C=O) groups excluding carboxylic acids is 1. The number of rotatable bonds is 2. The number of carbonyl (C=O) groups is 1. The Hall–Kier alpha value is -1.91. The second kappa shape index (κ2) is 4.08. The molecule has 2 aliphatic rings. The highest BCUT2D eigenvalue weighted by Crippen LogP contribution is 2.34. The van der Waals surface area contributed by atoms with Crippen LogP contribution in [0.2, 0.25) is 0 Å². The summed E-state index contributed by atoms with van der Waals surface area (Å²) in [4.78, 5) is 14.1. The number of amides is 1. The number of hydrogen-bond donors (Lipinski definition) is 3. The van der Waals surface area contributed by atoms with E-state index in [1.807, 2.05) is 25.2 Å². The van der Waals surface area contributed by atoms with Crippen LogP contribution in [0.15, 0.2) is 18.2 Å². The van der Waals surface area contributed by atoms with E-state index in [1.54, 1.807) is 0 Å². The lowest BCUT2D eigenvalue weighted by molar-refractivity contribution is -0.120. The molecule has 5 nitrogen and oxygen atoms in total. The molecule has 0 aliphatic carbocycles. The third-order valence-electron chi connectivity index (χ3n) is 3.97. The van der Waals surface area contributed by atoms with Gasteiger partial charge in [0.25, 0.3) is 0 Å². The van der Waals surface area contributed by atoms with E-state index in [1.165, 1.54) is 0 Å². The molecule has 2 heterocycles. The average molecular weight is 246 g/mol. The van der Waals surface area contributed by atoms with Crippen molar-refractivity contribution in [2.75, 3.05) is 36.1 Å². The number of benzene rings is 1. The summed E-state index contributed by atoms with van der Waals surface area (Å²) in [5, 5.41) is 6.02. The molecule has 0 spiro atoms. The number of nitrogens with zero attached hydrogens (tertiary/aromatic N) is 1. The van der Waals surface area contributed by atoms with Crippen LogP contribution in [0.4, 0.5) is 17.1 Å². The summed E-state index contributed by atoms with van der Waals surface area (Å²) < 4.78 is 0. The summed E-state index contributed by atoms with van der Waals surface area (Å²) in [6, 6.07) is 5.90. The van der Waals surface area contributed by atoms with Gasteiger partial charge in [-0.15, -0.1) is 0 Å². The molecule has 1 amide bonds. The molecule has 96 valence electrons. The summed E-state index contributed by atoms with van der Waals surface area (Å²) in [5.41, 5.74) is 8.58. The minimum atomic E-state index is -0.00155. The van der Waals surface area contributed by atoms with Gasteiger partial charge in [0.1, 0.15) is 6.04 Å². The zero-order chi connectivity index (χ0) is 12.7. The van der Waals surface area contributed by atoms with Crippen molar-refractivity contribution in [3.05, 3.63) is 18.2 Å². The summed E-state index contributed by atoms with van der Waals surface area (Å²) >= 11 is 0. The fourth-order valence-corrected chi connectivity index (χ4v) is 2.99. The highest BCUT2D eigenvalue weighted by Gasteiger charge is 2.43. The Morgan fingerprint density at radius 1 is 1.50 bits per heavy atom. The maximum Gasteiger partial charge on any atom is 0.243 e. The van der Waals surface area contributed by atoms with Crippen molar-refractivity contribution < 1.29 is 4.79 Å². The van der Waals surface area contributed by atoms with E-state index in [2.05, 4.69) is 15.5 Å². The molecule has 4 N–H and O–H groups in total. The lowest BCUT2D eigenvalue weighted by atomic mass is 10.0. The molecule has 3 rings (SSSR count). The monoisotopic (exact) mass is 246 g/mol. The molecule has 1 aromatic carbocycles. The van der Waals surface area contributed by atoms with Gasteiger partial charge in [0.05, 0.1) is 11.4 Å². The van der Waals surface area contributed by atoms with Crippen LogP contribution in [0.5, 0.6) is 0 Å². The van der Waals surface area contributed by atoms with Crippen molar-refractivity contribution in [1.82, 2.24) is 5.32 Å². The van der Waals surface area contributed by atoms with Crippen LogP contribution >= 0.6 is 0 Å². The lowest BCUT2D eigenvalue weighted by Crippen LogP contribution is -2.38. The SMILES string of the molecule is CNc1cc(N2CCC3CNC(=O)C32)ccc1N. The molecule has 0 aromatic heterocycles. The quantitative estimate of drug-likeness (QED) is 0.670. The Labute approximate surface area is 106 Å². The first-order valence-corrected chi connectivity index (χ1v) is 6.32. The fourth-order valence-electron chi connectivity index (χ4n) is 2.99. The van der Waals surface area contributed by atoms with Gasteiger partial charge in [0, 0.05) is 31.7 Å². The molecule has 2 aliphatic heterocycles. The molecular weight excluding hydrogens is 228 g/mol. The predicted octanol–water partition coefficient (Wildman–Crippen LogP) is 0.635. The van der Waals surface area contributed by atoms with Crippen molar-refractivity contribution in [3.8, 4) is 0 Å². The van der Waals surface area contributed by atoms with Gasteiger partial charge in [-0.05, 0) is 24.6 Å². The molecule has 5 heteroatoms. The molecule has 18 heavy (non-hydrogen) atoms. The number of fused-ring (bicyclic) bond motifs is 1. The number of nitrogens with two attached hydrogens (primary N) is 1. The fraction of sp³-hybridized carbons (Fsp3) is 0.462. The first-order chi connectivity index (χ1) is 8.70. The molecule has 0 radical (unpaired) electrons. The van der Waals surface area contributed by atoms with Crippen LogP contribution in [-0.2, 0) is 4.79 Å². The molecule has 1 aromatic rings. The average Bonchev–Trinajstić information content (AvgIpc) is 2.94. The van der Waals surface area contributed by atoms with Gasteiger partial charge < -0.3 is 21.3 Å². The number of nitrogens with one attached hydrogen (secondary N) is 2. The third kappa shape index (κ3) is 1.58. The van der Waals surface area contributed by atoms with Crippen molar-refractivity contribution >= 4 is 23.0 Å². The Balaban J connectivity index is 1.93. The Morgan fingerprint density at radius 2 is 2.33 bits per heavy atom. The molecule has 2 saturated heterocycles. The van der Waals surface area contributed by atoms with Gasteiger partial charge in [-0.1, -0.05) is 0 Å². The normalized spacial score (nSPS) is 26.1. The van der Waals surface area contributed by atoms with E-state index in [0.29, 0.717) is 5.92 Å². The van der Waals surface area contributed by atoms with Crippen LogP contribution in [0, 0.1) is 5.92 Å². The smallest absolute Gasteiger partial charge is 0.243 e. The van der Waals surface area contributed by atoms with Crippen molar-refractivity contribution in [1.29, 1.82) is 0 Å². The first kappa shape index (κ1) is 11.2. The van der Waals surface area contributed by atoms with Crippen LogP contribution in [0.3, 0.4) is 0 Å². The minimum Gasteiger partial charge on any atom is -0.397 e. The van der Waals surface area contributed by atoms with E-state index in [4.69, 9.17) is 5.73 Å². The Kier molecular flexibility index (Phi) is 2.54. The zero-order valence-corrected chi connectivity index (χ0v) is 10.4. The summed E-state index contributed by atoms with van der Waals surface area (Å²) in [6.07, 6.45) is 1.07. The standard InChI is InChI=1S/C13H18N4O/c1-15-11-6-9(2-3-10(11)14)17-5-4-8-7-16-13(18)12(8)17/h2-3,6,8,12,15H,4-5,7,14H2,1H3,(H,16,18). The Morgan fingerprint density at radius 3 is 3.11 bits per heavy atom. The maximum atomic E-state index is 11.9. The van der Waals surface area contributed by atoms with Gasteiger partial charge in [0.15, 0.2) is 0 Å². The Bertz CT molecular complexity index is 488. The first-order valence-electron chi connectivity index (χ1n) is 6.32. The van der Waals surface area contributed by atoms with Crippen molar-refractivity contribution in [3.63, 3.8) is 0 Å². The number of nitrogen functional groups attached to an aromatic ring is 1. The van der Waals surface area contributed by atoms with Gasteiger partial charge >= 0.3 is 0 Å². The molecular formula is C13H18N4O. The second-order valence-electron chi connectivity index (χ2n) is 4.95. The predicted molar refractivity (Wildman–Crippen MR) is 72.7 cm³/mol. The van der Waals surface area contributed by atoms with Crippen molar-refractivity contribution in [2.24, 2.45) is 5.92 Å². The van der Waals surface area contributed by atoms with Crippen molar-refractivity contribution in [2.45, 2.75) is 12.5 Å². The maximum absolute atomic E-state index is 11.9. The van der Waals surface area contributed by atoms with Gasteiger partial charge in [-0.2, -0.15) is 0 Å². The highest BCUT2D eigenvalue weighted by atomic mass is 16.2. The number of anilines is 3. The van der Waals surface area contributed by atoms with E-state index in [9.17, 15) is 4.79 Å². The molecule has 0 saturated carbocycles. The van der Waals surface area contributed by atoms with Crippen LogP contribution in [0.1, 0.15) is 6.42 Å². The van der Waals surface area contributed by atoms with Crippen LogP contribution in [-0.4, -0.2) is 32.1 Å². The highest BCUT2D eigenvalue weighted by molar-refractivity contribution is 5.89. The number of hydrogen-bond acceptors (Lipinski definition) is 4. The zero-order valence-electron chi connectivity index (χ0n) is 10.4. The van der Waals surface area contributed by atoms with E-state index < -0.39 is 0 Å². The summed E-state index contributed by atoms with van der Waals surface area (Å²) in [6.45, 7) is 1.75. The molecule has 2 unspecified atom stereocenters. The van der Waals surface area contributed by atoms with Gasteiger partial charge in [0.2, 0.25) is 5.91 Å². The van der Waals surface area contributed by atoms with Crippen LogP contribution < -0.4 is 21.3 Å². The van der Waals surface area contributed by atoms with Crippen LogP contribution in [0.25, 0.3) is 0 Å². The molecule has 0 bridgehead atoms. The van der Waals surface area contributed by atoms with E-state index in [-0.39, 0.29) is 11.9 Å². The van der Waals surface area contributed by atoms with E-state index in [0.717, 1.165) is 36.6 Å². The lowest BCUT2D eigenvalue weighted by Gasteiger charge is -2.25. The van der Waals surface area contributed by atoms with Gasteiger partial charge in [-0.3, -0.25) is 4.79 Å².